The van der Waals surface area contributed by atoms with E-state index in [9.17, 15) is 24.6 Å². The Labute approximate surface area is 221 Å². The first-order valence-corrected chi connectivity index (χ1v) is 12.4. The number of likely N-dealkylation sites (N-methyl/N-ethyl adjacent to an activating group) is 1. The van der Waals surface area contributed by atoms with Gasteiger partial charge >= 0.3 is 12.1 Å². The van der Waals surface area contributed by atoms with Gasteiger partial charge in [0.2, 0.25) is 5.91 Å². The molecule has 0 saturated heterocycles. The van der Waals surface area contributed by atoms with Crippen molar-refractivity contribution >= 4 is 18.0 Å². The first-order valence-electron chi connectivity index (χ1n) is 12.4. The molecule has 38 heavy (non-hydrogen) atoms. The van der Waals surface area contributed by atoms with Crippen molar-refractivity contribution in [2.75, 3.05) is 26.8 Å². The summed E-state index contributed by atoms with van der Waals surface area (Å²) >= 11 is 0. The Morgan fingerprint density at radius 1 is 0.868 bits per heavy atom. The highest BCUT2D eigenvalue weighted by atomic mass is 16.5. The van der Waals surface area contributed by atoms with E-state index in [1.807, 2.05) is 83.8 Å². The molecule has 3 aromatic carbocycles. The van der Waals surface area contributed by atoms with Crippen LogP contribution in [0.25, 0.3) is 11.1 Å². The lowest BCUT2D eigenvalue weighted by atomic mass is 9.98. The minimum atomic E-state index is -1.49. The molecule has 4 N–H and O–H groups in total. The molecule has 4 rings (SSSR count). The number of carbonyl (C=O) groups is 3. The molecule has 9 heteroatoms. The number of aliphatic carboxylic acids is 1. The van der Waals surface area contributed by atoms with Crippen molar-refractivity contribution in [2.24, 2.45) is 0 Å². The predicted octanol–water partition coefficient (Wildman–Crippen LogP) is 2.59. The average Bonchev–Trinajstić information content (AvgIpc) is 3.24. The van der Waals surface area contributed by atoms with Crippen LogP contribution in [-0.4, -0.2) is 72.0 Å². The fourth-order valence-electron chi connectivity index (χ4n) is 4.71. The molecular weight excluding hydrogens is 486 g/mol. The smallest absolute Gasteiger partial charge is 0.407 e. The average molecular weight is 518 g/mol. The zero-order valence-corrected chi connectivity index (χ0v) is 21.0. The molecule has 0 bridgehead atoms. The van der Waals surface area contributed by atoms with E-state index in [1.165, 1.54) is 0 Å². The lowest BCUT2D eigenvalue weighted by Gasteiger charge is -2.25. The molecule has 0 aliphatic heterocycles. The van der Waals surface area contributed by atoms with Gasteiger partial charge in [0.05, 0.1) is 6.61 Å². The number of ether oxygens (including phenoxy) is 1. The van der Waals surface area contributed by atoms with E-state index in [0.29, 0.717) is 6.54 Å². The maximum atomic E-state index is 12.9. The zero-order chi connectivity index (χ0) is 27.1. The topological polar surface area (TPSA) is 128 Å². The molecular formula is C29H31N3O6. The minimum absolute atomic E-state index is 0.0719. The summed E-state index contributed by atoms with van der Waals surface area (Å²) < 4.78 is 5.58. The number of nitrogens with zero attached hydrogens (tertiary/aromatic N) is 1. The van der Waals surface area contributed by atoms with E-state index >= 15 is 0 Å². The molecule has 198 valence electrons. The Kier molecular flexibility index (Phi) is 8.73. The summed E-state index contributed by atoms with van der Waals surface area (Å²) in [5, 5.41) is 23.4. The number of rotatable bonds is 11. The molecule has 0 aromatic heterocycles. The number of hydrogen-bond acceptors (Lipinski definition) is 6. The number of carbonyl (C=O) groups excluding carboxylic acids is 2. The van der Waals surface area contributed by atoms with E-state index in [1.54, 1.807) is 7.05 Å². The lowest BCUT2D eigenvalue weighted by molar-refractivity contribution is -0.143. The number of fused-ring (bicyclic) bond motifs is 3. The normalized spacial score (nSPS) is 13.8. The number of alkyl carbamates (subject to hydrolysis) is 1. The zero-order valence-electron chi connectivity index (χ0n) is 21.0. The molecule has 2 atom stereocenters. The third kappa shape index (κ3) is 6.37. The van der Waals surface area contributed by atoms with Crippen LogP contribution in [0, 0.1) is 0 Å². The molecule has 0 fully saturated rings. The van der Waals surface area contributed by atoms with Gasteiger partial charge in [0, 0.05) is 19.0 Å². The Morgan fingerprint density at radius 3 is 2.03 bits per heavy atom. The van der Waals surface area contributed by atoms with Crippen molar-refractivity contribution in [1.29, 1.82) is 0 Å². The standard InChI is InChI=1S/C29H31N3O6/c1-32(15-19-9-3-2-4-10-19)16-25(27(34)30-26(17-33)28(35)36)31-29(37)38-18-24-22-13-7-5-11-20(22)21-12-6-8-14-23(21)24/h2-14,24-26,33H,15-18H2,1H3,(H,30,34)(H,31,37)(H,35,36)/t25?,26-/m0/s1. The quantitative estimate of drug-likeness (QED) is 0.308. The van der Waals surface area contributed by atoms with Crippen LogP contribution in [0.3, 0.4) is 0 Å². The summed E-state index contributed by atoms with van der Waals surface area (Å²) in [6, 6.07) is 22.9. The van der Waals surface area contributed by atoms with Crippen LogP contribution < -0.4 is 10.6 Å². The predicted molar refractivity (Wildman–Crippen MR) is 141 cm³/mol. The number of aliphatic hydroxyl groups excluding tert-OH is 1. The van der Waals surface area contributed by atoms with Crippen molar-refractivity contribution in [3.63, 3.8) is 0 Å². The van der Waals surface area contributed by atoms with Gasteiger partial charge in [-0.3, -0.25) is 9.69 Å². The summed E-state index contributed by atoms with van der Waals surface area (Å²) in [6.07, 6.45) is -0.795. The summed E-state index contributed by atoms with van der Waals surface area (Å²) in [5.41, 5.74) is 5.33. The van der Waals surface area contributed by atoms with Crippen LogP contribution in [0.15, 0.2) is 78.9 Å². The summed E-state index contributed by atoms with van der Waals surface area (Å²) in [4.78, 5) is 39.0. The number of carboxylic acid groups (broad SMARTS) is 1. The van der Waals surface area contributed by atoms with E-state index in [-0.39, 0.29) is 19.1 Å². The van der Waals surface area contributed by atoms with Gasteiger partial charge < -0.3 is 25.6 Å². The van der Waals surface area contributed by atoms with Crippen molar-refractivity contribution in [3.05, 3.63) is 95.6 Å². The summed E-state index contributed by atoms with van der Waals surface area (Å²) in [7, 11) is 1.79. The maximum Gasteiger partial charge on any atom is 0.407 e. The van der Waals surface area contributed by atoms with Crippen LogP contribution in [0.4, 0.5) is 4.79 Å². The third-order valence-corrected chi connectivity index (χ3v) is 6.54. The molecule has 2 amide bonds. The minimum Gasteiger partial charge on any atom is -0.480 e. The number of aliphatic hydroxyl groups is 1. The Hall–Kier alpha value is -4.21. The fraction of sp³-hybridized carbons (Fsp3) is 0.276. The van der Waals surface area contributed by atoms with Gasteiger partial charge in [-0.2, -0.15) is 0 Å². The van der Waals surface area contributed by atoms with Gasteiger partial charge in [0.1, 0.15) is 18.7 Å². The molecule has 1 unspecified atom stereocenters. The van der Waals surface area contributed by atoms with Crippen LogP contribution in [0.5, 0.6) is 0 Å². The van der Waals surface area contributed by atoms with Crippen LogP contribution in [0.2, 0.25) is 0 Å². The summed E-state index contributed by atoms with van der Waals surface area (Å²) in [6.45, 7) is -0.122. The highest BCUT2D eigenvalue weighted by molar-refractivity contribution is 5.89. The molecule has 3 aromatic rings. The first-order chi connectivity index (χ1) is 18.4. The summed E-state index contributed by atoms with van der Waals surface area (Å²) in [5.74, 6) is -2.26. The van der Waals surface area contributed by atoms with E-state index in [4.69, 9.17) is 4.74 Å². The Morgan fingerprint density at radius 2 is 1.45 bits per heavy atom. The fourth-order valence-corrected chi connectivity index (χ4v) is 4.71. The number of hydrogen-bond donors (Lipinski definition) is 4. The Balaban J connectivity index is 1.44. The molecule has 1 aliphatic rings. The van der Waals surface area contributed by atoms with Gasteiger partial charge in [0.15, 0.2) is 0 Å². The van der Waals surface area contributed by atoms with Gasteiger partial charge in [0.25, 0.3) is 0 Å². The highest BCUT2D eigenvalue weighted by Gasteiger charge is 2.31. The molecule has 0 radical (unpaired) electrons. The number of benzene rings is 3. The number of carboxylic acids is 1. The van der Waals surface area contributed by atoms with Crippen molar-refractivity contribution in [2.45, 2.75) is 24.5 Å². The molecule has 9 nitrogen and oxygen atoms in total. The maximum absolute atomic E-state index is 12.9. The highest BCUT2D eigenvalue weighted by Crippen LogP contribution is 2.44. The molecule has 1 aliphatic carbocycles. The largest absolute Gasteiger partial charge is 0.480 e. The second kappa shape index (κ2) is 12.4. The molecule has 0 heterocycles. The number of amides is 2. The van der Waals surface area contributed by atoms with Gasteiger partial charge in [-0.15, -0.1) is 0 Å². The van der Waals surface area contributed by atoms with Crippen LogP contribution in [0.1, 0.15) is 22.6 Å². The monoisotopic (exact) mass is 517 g/mol. The van der Waals surface area contributed by atoms with Crippen molar-refractivity contribution in [1.82, 2.24) is 15.5 Å². The third-order valence-electron chi connectivity index (χ3n) is 6.54. The van der Waals surface area contributed by atoms with Gasteiger partial charge in [-0.1, -0.05) is 78.9 Å². The van der Waals surface area contributed by atoms with E-state index in [2.05, 4.69) is 10.6 Å². The first kappa shape index (κ1) is 26.8. The molecule has 0 saturated carbocycles. The second-order valence-corrected chi connectivity index (χ2v) is 9.29. The van der Waals surface area contributed by atoms with Gasteiger partial charge in [-0.25, -0.2) is 9.59 Å². The SMILES string of the molecule is CN(Cc1ccccc1)CC(NC(=O)OCC1c2ccccc2-c2ccccc21)C(=O)N[C@@H](CO)C(=O)O. The second-order valence-electron chi connectivity index (χ2n) is 9.29. The number of nitrogens with one attached hydrogen (secondary N) is 2. The molecule has 0 spiro atoms. The lowest BCUT2D eigenvalue weighted by Crippen LogP contribution is -2.56. The van der Waals surface area contributed by atoms with Crippen LogP contribution in [-0.2, 0) is 20.9 Å². The van der Waals surface area contributed by atoms with Crippen molar-refractivity contribution in [3.8, 4) is 11.1 Å². The van der Waals surface area contributed by atoms with Crippen molar-refractivity contribution < 1.29 is 29.3 Å². The van der Waals surface area contributed by atoms with Crippen LogP contribution >= 0.6 is 0 Å². The van der Waals surface area contributed by atoms with E-state index in [0.717, 1.165) is 27.8 Å². The van der Waals surface area contributed by atoms with Gasteiger partial charge in [-0.05, 0) is 34.9 Å². The van der Waals surface area contributed by atoms with E-state index < -0.39 is 36.7 Å². The Bertz CT molecular complexity index is 1240.